The van der Waals surface area contributed by atoms with Gasteiger partial charge < -0.3 is 10.1 Å². The minimum atomic E-state index is 0.483. The summed E-state index contributed by atoms with van der Waals surface area (Å²) in [4.78, 5) is 0. The fourth-order valence-corrected chi connectivity index (χ4v) is 3.81. The molecule has 2 rings (SSSR count). The first kappa shape index (κ1) is 16.3. The Morgan fingerprint density at radius 1 is 1.05 bits per heavy atom. The molecule has 0 heterocycles. The van der Waals surface area contributed by atoms with Gasteiger partial charge in [0.25, 0.3) is 0 Å². The van der Waals surface area contributed by atoms with Crippen LogP contribution in [0.25, 0.3) is 0 Å². The highest BCUT2D eigenvalue weighted by molar-refractivity contribution is 4.83. The van der Waals surface area contributed by atoms with E-state index in [2.05, 4.69) is 26.1 Å². The van der Waals surface area contributed by atoms with Crippen molar-refractivity contribution < 1.29 is 4.74 Å². The lowest BCUT2D eigenvalue weighted by Crippen LogP contribution is -2.32. The van der Waals surface area contributed by atoms with Crippen LogP contribution in [0.15, 0.2) is 0 Å². The Labute approximate surface area is 126 Å². The zero-order valence-electron chi connectivity index (χ0n) is 13.9. The van der Waals surface area contributed by atoms with Crippen molar-refractivity contribution in [3.63, 3.8) is 0 Å². The van der Waals surface area contributed by atoms with Gasteiger partial charge in [0.05, 0.1) is 6.10 Å². The highest BCUT2D eigenvalue weighted by atomic mass is 16.5. The third kappa shape index (κ3) is 6.58. The SMILES string of the molecule is CC1CC(OCCCCCCNC2CC2)CC(C)(C)C1. The Morgan fingerprint density at radius 3 is 2.50 bits per heavy atom. The molecule has 20 heavy (non-hydrogen) atoms. The van der Waals surface area contributed by atoms with Crippen molar-refractivity contribution in [3.8, 4) is 0 Å². The van der Waals surface area contributed by atoms with E-state index in [9.17, 15) is 0 Å². The molecule has 2 fully saturated rings. The van der Waals surface area contributed by atoms with Crippen LogP contribution in [0, 0.1) is 11.3 Å². The van der Waals surface area contributed by atoms with E-state index in [0.29, 0.717) is 11.5 Å². The summed E-state index contributed by atoms with van der Waals surface area (Å²) in [7, 11) is 0. The summed E-state index contributed by atoms with van der Waals surface area (Å²) < 4.78 is 6.13. The van der Waals surface area contributed by atoms with Crippen molar-refractivity contribution in [2.75, 3.05) is 13.2 Å². The number of ether oxygens (including phenoxy) is 1. The second-order valence-electron chi connectivity index (χ2n) is 8.05. The second-order valence-corrected chi connectivity index (χ2v) is 8.05. The lowest BCUT2D eigenvalue weighted by molar-refractivity contribution is -0.0240. The zero-order chi connectivity index (χ0) is 14.4. The molecular formula is C18H35NO. The molecule has 2 aliphatic rings. The molecule has 0 saturated heterocycles. The Kier molecular flexibility index (Phi) is 6.35. The molecule has 0 aromatic heterocycles. The molecule has 0 aromatic rings. The molecule has 0 aliphatic heterocycles. The Hall–Kier alpha value is -0.0800. The van der Waals surface area contributed by atoms with E-state index < -0.39 is 0 Å². The maximum atomic E-state index is 6.13. The molecular weight excluding hydrogens is 246 g/mol. The molecule has 0 aromatic carbocycles. The van der Waals surface area contributed by atoms with Crippen LogP contribution in [0.2, 0.25) is 0 Å². The summed E-state index contributed by atoms with van der Waals surface area (Å²) in [5.41, 5.74) is 0.483. The van der Waals surface area contributed by atoms with Gasteiger partial charge in [0, 0.05) is 12.6 Å². The highest BCUT2D eigenvalue weighted by Crippen LogP contribution is 2.39. The molecule has 2 atom stereocenters. The number of nitrogens with one attached hydrogen (secondary N) is 1. The normalized spacial score (nSPS) is 29.6. The topological polar surface area (TPSA) is 21.3 Å². The van der Waals surface area contributed by atoms with Gasteiger partial charge in [-0.1, -0.05) is 33.6 Å². The summed E-state index contributed by atoms with van der Waals surface area (Å²) in [5, 5.41) is 3.58. The number of rotatable bonds is 9. The average Bonchev–Trinajstić information content (AvgIpc) is 3.14. The van der Waals surface area contributed by atoms with Crippen molar-refractivity contribution in [2.45, 2.75) is 90.7 Å². The average molecular weight is 281 g/mol. The van der Waals surface area contributed by atoms with E-state index in [-0.39, 0.29) is 0 Å². The van der Waals surface area contributed by atoms with Crippen LogP contribution in [0.1, 0.15) is 78.6 Å². The van der Waals surface area contributed by atoms with E-state index in [1.165, 1.54) is 64.3 Å². The van der Waals surface area contributed by atoms with Crippen LogP contribution < -0.4 is 5.32 Å². The van der Waals surface area contributed by atoms with Crippen molar-refractivity contribution >= 4 is 0 Å². The Bertz CT molecular complexity index is 273. The number of hydrogen-bond acceptors (Lipinski definition) is 2. The summed E-state index contributed by atoms with van der Waals surface area (Å²) in [6, 6.07) is 0.870. The highest BCUT2D eigenvalue weighted by Gasteiger charge is 2.32. The first-order valence-corrected chi connectivity index (χ1v) is 8.90. The van der Waals surface area contributed by atoms with Crippen LogP contribution in [0.3, 0.4) is 0 Å². The van der Waals surface area contributed by atoms with Crippen LogP contribution >= 0.6 is 0 Å². The van der Waals surface area contributed by atoms with Gasteiger partial charge in [0.15, 0.2) is 0 Å². The Morgan fingerprint density at radius 2 is 1.80 bits per heavy atom. The molecule has 0 amide bonds. The number of hydrogen-bond donors (Lipinski definition) is 1. The van der Waals surface area contributed by atoms with E-state index in [0.717, 1.165) is 18.6 Å². The molecule has 1 N–H and O–H groups in total. The molecule has 2 aliphatic carbocycles. The first-order valence-electron chi connectivity index (χ1n) is 8.90. The smallest absolute Gasteiger partial charge is 0.0582 e. The van der Waals surface area contributed by atoms with E-state index in [4.69, 9.17) is 4.74 Å². The van der Waals surface area contributed by atoms with Gasteiger partial charge in [-0.05, 0) is 62.8 Å². The molecule has 2 nitrogen and oxygen atoms in total. The second kappa shape index (κ2) is 7.79. The lowest BCUT2D eigenvalue weighted by Gasteiger charge is -2.38. The zero-order valence-corrected chi connectivity index (χ0v) is 13.9. The van der Waals surface area contributed by atoms with E-state index in [1.54, 1.807) is 0 Å². The molecule has 2 heteroatoms. The standard InChI is InChI=1S/C18H35NO/c1-15-12-17(14-18(2,3)13-15)20-11-7-5-4-6-10-19-16-8-9-16/h15-17,19H,4-14H2,1-3H3. The van der Waals surface area contributed by atoms with E-state index in [1.807, 2.05) is 0 Å². The van der Waals surface area contributed by atoms with Crippen molar-refractivity contribution in [3.05, 3.63) is 0 Å². The van der Waals surface area contributed by atoms with Crippen molar-refractivity contribution in [1.82, 2.24) is 5.32 Å². The van der Waals surface area contributed by atoms with Gasteiger partial charge in [-0.3, -0.25) is 0 Å². The van der Waals surface area contributed by atoms with Gasteiger partial charge >= 0.3 is 0 Å². The minimum absolute atomic E-state index is 0.483. The van der Waals surface area contributed by atoms with Gasteiger partial charge in [-0.25, -0.2) is 0 Å². The third-order valence-electron chi connectivity index (χ3n) is 4.78. The Balaban J connectivity index is 1.43. The third-order valence-corrected chi connectivity index (χ3v) is 4.78. The van der Waals surface area contributed by atoms with Gasteiger partial charge in [0.1, 0.15) is 0 Å². The first-order chi connectivity index (χ1) is 9.55. The van der Waals surface area contributed by atoms with Crippen LogP contribution in [0.4, 0.5) is 0 Å². The largest absolute Gasteiger partial charge is 0.378 e. The molecule has 0 radical (unpaired) electrons. The minimum Gasteiger partial charge on any atom is -0.378 e. The van der Waals surface area contributed by atoms with Crippen LogP contribution in [-0.2, 0) is 4.74 Å². The van der Waals surface area contributed by atoms with Gasteiger partial charge in [-0.15, -0.1) is 0 Å². The van der Waals surface area contributed by atoms with E-state index >= 15 is 0 Å². The summed E-state index contributed by atoms with van der Waals surface area (Å²) in [6.45, 7) is 9.37. The van der Waals surface area contributed by atoms with Gasteiger partial charge in [0.2, 0.25) is 0 Å². The summed E-state index contributed by atoms with van der Waals surface area (Å²) >= 11 is 0. The molecule has 2 saturated carbocycles. The van der Waals surface area contributed by atoms with Crippen molar-refractivity contribution in [1.29, 1.82) is 0 Å². The van der Waals surface area contributed by atoms with Crippen LogP contribution in [0.5, 0.6) is 0 Å². The maximum Gasteiger partial charge on any atom is 0.0582 e. The summed E-state index contributed by atoms with van der Waals surface area (Å²) in [5.74, 6) is 0.831. The predicted octanol–water partition coefficient (Wildman–Crippen LogP) is 4.53. The predicted molar refractivity (Wildman–Crippen MR) is 86.0 cm³/mol. The van der Waals surface area contributed by atoms with Crippen LogP contribution in [-0.4, -0.2) is 25.3 Å². The lowest BCUT2D eigenvalue weighted by atomic mass is 9.71. The summed E-state index contributed by atoms with van der Waals surface area (Å²) in [6.07, 6.45) is 12.5. The molecule has 118 valence electrons. The fraction of sp³-hybridized carbons (Fsp3) is 1.00. The molecule has 0 bridgehead atoms. The molecule has 2 unspecified atom stereocenters. The number of unbranched alkanes of at least 4 members (excludes halogenated alkanes) is 3. The fourth-order valence-electron chi connectivity index (χ4n) is 3.81. The quantitative estimate of drug-likeness (QED) is 0.627. The van der Waals surface area contributed by atoms with Gasteiger partial charge in [-0.2, -0.15) is 0 Å². The monoisotopic (exact) mass is 281 g/mol. The maximum absolute atomic E-state index is 6.13. The molecule has 0 spiro atoms. The van der Waals surface area contributed by atoms with Crippen molar-refractivity contribution in [2.24, 2.45) is 11.3 Å².